The first-order valence-corrected chi connectivity index (χ1v) is 6.85. The minimum absolute atomic E-state index is 0.00746. The molecule has 1 aliphatic rings. The molecule has 1 fully saturated rings. The zero-order valence-corrected chi connectivity index (χ0v) is 11.7. The Labute approximate surface area is 119 Å². The third-order valence-electron chi connectivity index (χ3n) is 3.23. The highest BCUT2D eigenvalue weighted by Gasteiger charge is 2.32. The first kappa shape index (κ1) is 14.8. The van der Waals surface area contributed by atoms with Crippen molar-refractivity contribution in [3.63, 3.8) is 0 Å². The first-order chi connectivity index (χ1) is 9.70. The molecule has 1 aliphatic carbocycles. The molecule has 0 heterocycles. The maximum Gasteiger partial charge on any atom is 0.249 e. The molecule has 0 unspecified atom stereocenters. The predicted octanol–water partition coefficient (Wildman–Crippen LogP) is 1.55. The van der Waals surface area contributed by atoms with E-state index in [1.54, 1.807) is 25.3 Å². The van der Waals surface area contributed by atoms with Crippen molar-refractivity contribution in [2.75, 3.05) is 26.9 Å². The van der Waals surface area contributed by atoms with Crippen LogP contribution in [0.3, 0.4) is 0 Å². The van der Waals surface area contributed by atoms with Gasteiger partial charge in [0, 0.05) is 19.7 Å². The Balaban J connectivity index is 1.88. The Hall–Kier alpha value is -1.59. The third-order valence-corrected chi connectivity index (χ3v) is 3.23. The SMILES string of the molecule is COCCOCC(=O)N(Cc1cccc(O)c1)C1CC1. The minimum Gasteiger partial charge on any atom is -0.508 e. The van der Waals surface area contributed by atoms with Gasteiger partial charge in [-0.05, 0) is 30.5 Å². The molecule has 1 saturated carbocycles. The van der Waals surface area contributed by atoms with Crippen molar-refractivity contribution in [2.45, 2.75) is 25.4 Å². The van der Waals surface area contributed by atoms with E-state index in [-0.39, 0.29) is 18.3 Å². The summed E-state index contributed by atoms with van der Waals surface area (Å²) in [4.78, 5) is 14.0. The fraction of sp³-hybridized carbons (Fsp3) is 0.533. The lowest BCUT2D eigenvalue weighted by Gasteiger charge is -2.22. The number of rotatable bonds is 8. The number of phenolic OH excluding ortho intramolecular Hbond substituents is 1. The summed E-state index contributed by atoms with van der Waals surface area (Å²) in [5.41, 5.74) is 0.933. The van der Waals surface area contributed by atoms with Gasteiger partial charge in [0.25, 0.3) is 0 Å². The maximum atomic E-state index is 12.2. The van der Waals surface area contributed by atoms with Crippen LogP contribution in [0.25, 0.3) is 0 Å². The number of methoxy groups -OCH3 is 1. The van der Waals surface area contributed by atoms with Crippen LogP contribution in [-0.2, 0) is 20.8 Å². The lowest BCUT2D eigenvalue weighted by Crippen LogP contribution is -2.35. The summed E-state index contributed by atoms with van der Waals surface area (Å²) in [6.07, 6.45) is 2.09. The van der Waals surface area contributed by atoms with Crippen LogP contribution in [0.2, 0.25) is 0 Å². The fourth-order valence-electron chi connectivity index (χ4n) is 2.04. The van der Waals surface area contributed by atoms with E-state index in [1.807, 2.05) is 11.0 Å². The van der Waals surface area contributed by atoms with E-state index in [1.165, 1.54) is 0 Å². The van der Waals surface area contributed by atoms with Crippen LogP contribution < -0.4 is 0 Å². The summed E-state index contributed by atoms with van der Waals surface area (Å²) in [6, 6.07) is 7.33. The average molecular weight is 279 g/mol. The molecule has 0 atom stereocenters. The Kier molecular flexibility index (Phi) is 5.38. The van der Waals surface area contributed by atoms with Gasteiger partial charge in [0.2, 0.25) is 5.91 Å². The molecule has 5 heteroatoms. The van der Waals surface area contributed by atoms with Gasteiger partial charge in [-0.15, -0.1) is 0 Å². The van der Waals surface area contributed by atoms with Crippen LogP contribution in [0.5, 0.6) is 5.75 Å². The van der Waals surface area contributed by atoms with Crippen molar-refractivity contribution in [1.29, 1.82) is 0 Å². The Morgan fingerprint density at radius 3 is 2.85 bits per heavy atom. The molecule has 20 heavy (non-hydrogen) atoms. The molecule has 1 aromatic carbocycles. The average Bonchev–Trinajstić information content (AvgIpc) is 3.25. The fourth-order valence-corrected chi connectivity index (χ4v) is 2.04. The number of amides is 1. The molecule has 110 valence electrons. The molecule has 2 rings (SSSR count). The summed E-state index contributed by atoms with van der Waals surface area (Å²) in [5.74, 6) is 0.217. The summed E-state index contributed by atoms with van der Waals surface area (Å²) in [6.45, 7) is 1.51. The van der Waals surface area contributed by atoms with Gasteiger partial charge in [-0.25, -0.2) is 0 Å². The molecule has 0 saturated heterocycles. The Morgan fingerprint density at radius 2 is 2.20 bits per heavy atom. The largest absolute Gasteiger partial charge is 0.508 e. The van der Waals surface area contributed by atoms with E-state index in [9.17, 15) is 9.90 Å². The second-order valence-corrected chi connectivity index (χ2v) is 4.97. The van der Waals surface area contributed by atoms with E-state index in [2.05, 4.69) is 0 Å². The lowest BCUT2D eigenvalue weighted by atomic mass is 10.2. The third kappa shape index (κ3) is 4.51. The second kappa shape index (κ2) is 7.26. The van der Waals surface area contributed by atoms with Crippen LogP contribution >= 0.6 is 0 Å². The van der Waals surface area contributed by atoms with E-state index in [0.29, 0.717) is 25.8 Å². The van der Waals surface area contributed by atoms with E-state index in [4.69, 9.17) is 9.47 Å². The Morgan fingerprint density at radius 1 is 1.40 bits per heavy atom. The van der Waals surface area contributed by atoms with E-state index in [0.717, 1.165) is 18.4 Å². The molecule has 5 nitrogen and oxygen atoms in total. The van der Waals surface area contributed by atoms with Gasteiger partial charge in [-0.2, -0.15) is 0 Å². The van der Waals surface area contributed by atoms with Gasteiger partial charge < -0.3 is 19.5 Å². The van der Waals surface area contributed by atoms with Crippen molar-refractivity contribution in [3.8, 4) is 5.75 Å². The number of phenols is 1. The van der Waals surface area contributed by atoms with Crippen molar-refractivity contribution in [3.05, 3.63) is 29.8 Å². The minimum atomic E-state index is -0.00746. The highest BCUT2D eigenvalue weighted by Crippen LogP contribution is 2.29. The lowest BCUT2D eigenvalue weighted by molar-refractivity contribution is -0.137. The number of aromatic hydroxyl groups is 1. The van der Waals surface area contributed by atoms with Gasteiger partial charge in [0.15, 0.2) is 0 Å². The number of carbonyl (C=O) groups is 1. The number of hydrogen-bond donors (Lipinski definition) is 1. The van der Waals surface area contributed by atoms with Crippen LogP contribution in [0.1, 0.15) is 18.4 Å². The van der Waals surface area contributed by atoms with Gasteiger partial charge >= 0.3 is 0 Å². The predicted molar refractivity (Wildman–Crippen MR) is 74.4 cm³/mol. The maximum absolute atomic E-state index is 12.2. The molecular formula is C15H21NO4. The number of nitrogens with zero attached hydrogens (tertiary/aromatic N) is 1. The highest BCUT2D eigenvalue weighted by atomic mass is 16.5. The van der Waals surface area contributed by atoms with E-state index >= 15 is 0 Å². The highest BCUT2D eigenvalue weighted by molar-refractivity contribution is 5.78. The normalized spacial score (nSPS) is 14.2. The van der Waals surface area contributed by atoms with Gasteiger partial charge in [-0.1, -0.05) is 12.1 Å². The molecule has 1 amide bonds. The van der Waals surface area contributed by atoms with Gasteiger partial charge in [0.1, 0.15) is 12.4 Å². The monoisotopic (exact) mass is 279 g/mol. The zero-order chi connectivity index (χ0) is 14.4. The first-order valence-electron chi connectivity index (χ1n) is 6.85. The molecule has 0 radical (unpaired) electrons. The summed E-state index contributed by atoms with van der Waals surface area (Å²) < 4.78 is 10.2. The standard InChI is InChI=1S/C15H21NO4/c1-19-7-8-20-11-15(18)16(13-5-6-13)10-12-3-2-4-14(17)9-12/h2-4,9,13,17H,5-8,10-11H2,1H3. The quantitative estimate of drug-likeness (QED) is 0.733. The smallest absolute Gasteiger partial charge is 0.249 e. The molecule has 1 N–H and O–H groups in total. The van der Waals surface area contributed by atoms with Crippen molar-refractivity contribution >= 4 is 5.91 Å². The summed E-state index contributed by atoms with van der Waals surface area (Å²) in [7, 11) is 1.60. The summed E-state index contributed by atoms with van der Waals surface area (Å²) >= 11 is 0. The van der Waals surface area contributed by atoms with Crippen LogP contribution in [0.15, 0.2) is 24.3 Å². The van der Waals surface area contributed by atoms with Crippen molar-refractivity contribution in [1.82, 2.24) is 4.90 Å². The zero-order valence-electron chi connectivity index (χ0n) is 11.7. The molecule has 0 bridgehead atoms. The molecule has 0 aliphatic heterocycles. The summed E-state index contributed by atoms with van der Waals surface area (Å²) in [5, 5.41) is 9.48. The van der Waals surface area contributed by atoms with Crippen LogP contribution in [0, 0.1) is 0 Å². The van der Waals surface area contributed by atoms with Gasteiger partial charge in [0.05, 0.1) is 13.2 Å². The number of ether oxygens (including phenoxy) is 2. The molecule has 1 aromatic rings. The Bertz CT molecular complexity index is 445. The molecule has 0 spiro atoms. The second-order valence-electron chi connectivity index (χ2n) is 4.97. The van der Waals surface area contributed by atoms with E-state index < -0.39 is 0 Å². The topological polar surface area (TPSA) is 59.0 Å². The van der Waals surface area contributed by atoms with Crippen LogP contribution in [-0.4, -0.2) is 48.9 Å². The van der Waals surface area contributed by atoms with Crippen LogP contribution in [0.4, 0.5) is 0 Å². The number of hydrogen-bond acceptors (Lipinski definition) is 4. The molecular weight excluding hydrogens is 258 g/mol. The van der Waals surface area contributed by atoms with Crippen molar-refractivity contribution in [2.24, 2.45) is 0 Å². The van der Waals surface area contributed by atoms with Gasteiger partial charge in [-0.3, -0.25) is 4.79 Å². The van der Waals surface area contributed by atoms with Crippen molar-refractivity contribution < 1.29 is 19.4 Å². The number of benzene rings is 1. The number of carbonyl (C=O) groups excluding carboxylic acids is 1. The molecule has 0 aromatic heterocycles.